The van der Waals surface area contributed by atoms with E-state index in [0.717, 1.165) is 29.4 Å². The molecule has 3 heteroatoms. The van der Waals surface area contributed by atoms with Crippen LogP contribution in [0.4, 0.5) is 0 Å². The lowest BCUT2D eigenvalue weighted by Gasteiger charge is -2.03. The Bertz CT molecular complexity index is 244. The zero-order chi connectivity index (χ0) is 9.68. The van der Waals surface area contributed by atoms with Gasteiger partial charge in [0.25, 0.3) is 0 Å². The van der Waals surface area contributed by atoms with Gasteiger partial charge < -0.3 is 5.73 Å². The normalized spacial score (nSPS) is 12.8. The standard InChI is InChI=1S/C10H15BrN2/c1-8(12)3-2-4-10-6-5-9(11)7-13-10/h5-8H,2-4,12H2,1H3. The number of hydrogen-bond donors (Lipinski definition) is 1. The number of aryl methyl sites for hydroxylation is 1. The van der Waals surface area contributed by atoms with Crippen molar-refractivity contribution in [1.82, 2.24) is 4.98 Å². The smallest absolute Gasteiger partial charge is 0.0413 e. The van der Waals surface area contributed by atoms with Crippen molar-refractivity contribution in [2.75, 3.05) is 0 Å². The fourth-order valence-corrected chi connectivity index (χ4v) is 1.39. The molecule has 1 rings (SSSR count). The van der Waals surface area contributed by atoms with Crippen LogP contribution >= 0.6 is 15.9 Å². The summed E-state index contributed by atoms with van der Waals surface area (Å²) in [6.07, 6.45) is 5.04. The molecule has 1 heterocycles. The third kappa shape index (κ3) is 4.39. The predicted molar refractivity (Wildman–Crippen MR) is 58.5 cm³/mol. The molecule has 0 bridgehead atoms. The third-order valence-corrected chi connectivity index (χ3v) is 2.35. The second-order valence-electron chi connectivity index (χ2n) is 3.34. The van der Waals surface area contributed by atoms with Crippen LogP contribution in [-0.4, -0.2) is 11.0 Å². The summed E-state index contributed by atoms with van der Waals surface area (Å²) in [5.74, 6) is 0. The molecule has 0 spiro atoms. The molecule has 0 aliphatic carbocycles. The fraction of sp³-hybridized carbons (Fsp3) is 0.500. The van der Waals surface area contributed by atoms with Crippen LogP contribution in [0.1, 0.15) is 25.5 Å². The first-order valence-corrected chi connectivity index (χ1v) is 5.34. The van der Waals surface area contributed by atoms with Gasteiger partial charge in [0.2, 0.25) is 0 Å². The lowest BCUT2D eigenvalue weighted by Crippen LogP contribution is -2.14. The SMILES string of the molecule is CC(N)CCCc1ccc(Br)cn1. The molecule has 0 aliphatic rings. The van der Waals surface area contributed by atoms with Crippen LogP contribution in [-0.2, 0) is 6.42 Å². The summed E-state index contributed by atoms with van der Waals surface area (Å²) in [5.41, 5.74) is 6.80. The van der Waals surface area contributed by atoms with Crippen molar-refractivity contribution < 1.29 is 0 Å². The zero-order valence-electron chi connectivity index (χ0n) is 7.83. The van der Waals surface area contributed by atoms with E-state index < -0.39 is 0 Å². The van der Waals surface area contributed by atoms with Crippen molar-refractivity contribution in [3.05, 3.63) is 28.5 Å². The Morgan fingerprint density at radius 2 is 2.31 bits per heavy atom. The van der Waals surface area contributed by atoms with E-state index in [9.17, 15) is 0 Å². The molecule has 1 atom stereocenters. The van der Waals surface area contributed by atoms with E-state index in [4.69, 9.17) is 5.73 Å². The van der Waals surface area contributed by atoms with Gasteiger partial charge in [0.15, 0.2) is 0 Å². The Morgan fingerprint density at radius 3 is 2.85 bits per heavy atom. The zero-order valence-corrected chi connectivity index (χ0v) is 9.42. The average molecular weight is 243 g/mol. The first-order valence-electron chi connectivity index (χ1n) is 4.54. The second-order valence-corrected chi connectivity index (χ2v) is 4.25. The van der Waals surface area contributed by atoms with E-state index in [-0.39, 0.29) is 0 Å². The Balaban J connectivity index is 2.33. The lowest BCUT2D eigenvalue weighted by atomic mass is 10.1. The first kappa shape index (κ1) is 10.7. The molecular weight excluding hydrogens is 228 g/mol. The highest BCUT2D eigenvalue weighted by molar-refractivity contribution is 9.10. The molecule has 0 aromatic carbocycles. The van der Waals surface area contributed by atoms with Gasteiger partial charge in [0.1, 0.15) is 0 Å². The van der Waals surface area contributed by atoms with E-state index >= 15 is 0 Å². The third-order valence-electron chi connectivity index (χ3n) is 1.88. The van der Waals surface area contributed by atoms with Crippen LogP contribution in [0.2, 0.25) is 0 Å². The van der Waals surface area contributed by atoms with Crippen molar-refractivity contribution in [1.29, 1.82) is 0 Å². The van der Waals surface area contributed by atoms with Crippen LogP contribution < -0.4 is 5.73 Å². The Kier molecular flexibility index (Phi) is 4.39. The van der Waals surface area contributed by atoms with Gasteiger partial charge in [-0.25, -0.2) is 0 Å². The average Bonchev–Trinajstić information content (AvgIpc) is 2.08. The molecule has 0 fully saturated rings. The van der Waals surface area contributed by atoms with E-state index in [1.807, 2.05) is 25.3 Å². The van der Waals surface area contributed by atoms with Crippen LogP contribution in [0.5, 0.6) is 0 Å². The van der Waals surface area contributed by atoms with Gasteiger partial charge in [-0.3, -0.25) is 4.98 Å². The van der Waals surface area contributed by atoms with Gasteiger partial charge in [-0.15, -0.1) is 0 Å². The molecule has 72 valence electrons. The van der Waals surface area contributed by atoms with Gasteiger partial charge in [-0.2, -0.15) is 0 Å². The number of hydrogen-bond acceptors (Lipinski definition) is 2. The van der Waals surface area contributed by atoms with Gasteiger partial charge in [-0.05, 0) is 54.2 Å². The van der Waals surface area contributed by atoms with E-state index in [1.165, 1.54) is 0 Å². The van der Waals surface area contributed by atoms with Crippen LogP contribution in [0.3, 0.4) is 0 Å². The molecule has 2 N–H and O–H groups in total. The largest absolute Gasteiger partial charge is 0.328 e. The van der Waals surface area contributed by atoms with Crippen molar-refractivity contribution in [3.8, 4) is 0 Å². The van der Waals surface area contributed by atoms with Gasteiger partial charge in [-0.1, -0.05) is 0 Å². The Labute approximate surface area is 87.7 Å². The minimum atomic E-state index is 0.301. The number of rotatable bonds is 4. The molecule has 2 nitrogen and oxygen atoms in total. The maximum absolute atomic E-state index is 5.65. The molecule has 13 heavy (non-hydrogen) atoms. The van der Waals surface area contributed by atoms with Gasteiger partial charge in [0, 0.05) is 22.4 Å². The maximum atomic E-state index is 5.65. The summed E-state index contributed by atoms with van der Waals surface area (Å²) in [7, 11) is 0. The van der Waals surface area contributed by atoms with E-state index in [2.05, 4.69) is 20.9 Å². The summed E-state index contributed by atoms with van der Waals surface area (Å²) in [5, 5.41) is 0. The van der Waals surface area contributed by atoms with Crippen LogP contribution in [0.25, 0.3) is 0 Å². The molecule has 1 unspecified atom stereocenters. The summed E-state index contributed by atoms with van der Waals surface area (Å²) >= 11 is 3.35. The summed E-state index contributed by atoms with van der Waals surface area (Å²) in [4.78, 5) is 4.29. The highest BCUT2D eigenvalue weighted by Crippen LogP contribution is 2.09. The molecule has 0 amide bonds. The molecule has 0 saturated heterocycles. The van der Waals surface area contributed by atoms with Crippen molar-refractivity contribution in [2.45, 2.75) is 32.2 Å². The highest BCUT2D eigenvalue weighted by atomic mass is 79.9. The van der Waals surface area contributed by atoms with Crippen molar-refractivity contribution in [2.24, 2.45) is 5.73 Å². The molecule has 1 aromatic heterocycles. The molecule has 0 aliphatic heterocycles. The molecule has 1 aromatic rings. The predicted octanol–water partition coefficient (Wildman–Crippen LogP) is 2.51. The maximum Gasteiger partial charge on any atom is 0.0413 e. The number of nitrogens with two attached hydrogens (primary N) is 1. The van der Waals surface area contributed by atoms with Gasteiger partial charge in [0.05, 0.1) is 0 Å². The molecule has 0 radical (unpaired) electrons. The number of aromatic nitrogens is 1. The summed E-state index contributed by atoms with van der Waals surface area (Å²) in [6.45, 7) is 2.04. The van der Waals surface area contributed by atoms with Crippen LogP contribution in [0, 0.1) is 0 Å². The van der Waals surface area contributed by atoms with Gasteiger partial charge >= 0.3 is 0 Å². The topological polar surface area (TPSA) is 38.9 Å². The number of pyridine rings is 1. The highest BCUT2D eigenvalue weighted by Gasteiger charge is 1.97. The van der Waals surface area contributed by atoms with Crippen LogP contribution in [0.15, 0.2) is 22.8 Å². The second kappa shape index (κ2) is 5.35. The van der Waals surface area contributed by atoms with Crippen molar-refractivity contribution >= 4 is 15.9 Å². The monoisotopic (exact) mass is 242 g/mol. The molecular formula is C10H15BrN2. The minimum absolute atomic E-state index is 0.301. The minimum Gasteiger partial charge on any atom is -0.328 e. The summed E-state index contributed by atoms with van der Waals surface area (Å²) < 4.78 is 1.03. The summed E-state index contributed by atoms with van der Waals surface area (Å²) in [6, 6.07) is 4.37. The number of nitrogens with zero attached hydrogens (tertiary/aromatic N) is 1. The quantitative estimate of drug-likeness (QED) is 0.882. The fourth-order valence-electron chi connectivity index (χ4n) is 1.16. The van der Waals surface area contributed by atoms with Crippen molar-refractivity contribution in [3.63, 3.8) is 0 Å². The first-order chi connectivity index (χ1) is 6.18. The lowest BCUT2D eigenvalue weighted by molar-refractivity contribution is 0.620. The number of halogens is 1. The van der Waals surface area contributed by atoms with E-state index in [1.54, 1.807) is 0 Å². The van der Waals surface area contributed by atoms with E-state index in [0.29, 0.717) is 6.04 Å². The Hall–Kier alpha value is -0.410. The molecule has 0 saturated carbocycles. The Morgan fingerprint density at radius 1 is 1.54 bits per heavy atom.